The Labute approximate surface area is 190 Å². The molecule has 3 aromatic heterocycles. The molecule has 0 unspecified atom stereocenters. The van der Waals surface area contributed by atoms with E-state index in [4.69, 9.17) is 4.42 Å². The van der Waals surface area contributed by atoms with E-state index in [9.17, 15) is 18.0 Å². The number of nitrogens with zero attached hydrogens (tertiary/aromatic N) is 3. The van der Waals surface area contributed by atoms with Gasteiger partial charge in [-0.2, -0.15) is 22.7 Å². The summed E-state index contributed by atoms with van der Waals surface area (Å²) in [5.41, 5.74) is -0.0295. The zero-order chi connectivity index (χ0) is 22.5. The maximum atomic E-state index is 13.0. The molecule has 32 heavy (non-hydrogen) atoms. The molecule has 0 atom stereocenters. The van der Waals surface area contributed by atoms with Gasteiger partial charge < -0.3 is 4.42 Å². The highest BCUT2D eigenvalue weighted by Gasteiger charge is 2.30. The van der Waals surface area contributed by atoms with E-state index >= 15 is 0 Å². The van der Waals surface area contributed by atoms with Crippen LogP contribution in [0.2, 0.25) is 0 Å². The van der Waals surface area contributed by atoms with E-state index in [1.54, 1.807) is 12.1 Å². The van der Waals surface area contributed by atoms with Crippen molar-refractivity contribution in [3.63, 3.8) is 0 Å². The Morgan fingerprint density at radius 3 is 2.53 bits per heavy atom. The second kappa shape index (κ2) is 7.72. The zero-order valence-corrected chi connectivity index (χ0v) is 18.3. The normalized spacial score (nSPS) is 12.7. The van der Waals surface area contributed by atoms with Gasteiger partial charge in [-0.25, -0.2) is 0 Å². The summed E-state index contributed by atoms with van der Waals surface area (Å²) in [6, 6.07) is 15.5. The Kier molecular flexibility index (Phi) is 4.98. The lowest BCUT2D eigenvalue weighted by atomic mass is 10.1. The Balaban J connectivity index is 1.48. The van der Waals surface area contributed by atoms with Crippen molar-refractivity contribution >= 4 is 38.3 Å². The first kappa shape index (κ1) is 20.7. The minimum Gasteiger partial charge on any atom is -0.457 e. The van der Waals surface area contributed by atoms with Gasteiger partial charge in [0.05, 0.1) is 5.56 Å². The number of hydrogen-bond donors (Lipinski definition) is 0. The number of aromatic nitrogens is 3. The van der Waals surface area contributed by atoms with Crippen LogP contribution >= 0.6 is 27.3 Å². The van der Waals surface area contributed by atoms with Gasteiger partial charge in [-0.3, -0.25) is 4.79 Å². The number of benzene rings is 2. The predicted molar refractivity (Wildman–Crippen MR) is 118 cm³/mol. The third kappa shape index (κ3) is 3.87. The van der Waals surface area contributed by atoms with E-state index in [-0.39, 0.29) is 11.3 Å². The van der Waals surface area contributed by atoms with Crippen LogP contribution in [-0.2, 0) is 6.18 Å². The zero-order valence-electron chi connectivity index (χ0n) is 15.9. The fourth-order valence-corrected chi connectivity index (χ4v) is 4.27. The second-order valence-electron chi connectivity index (χ2n) is 6.83. The van der Waals surface area contributed by atoms with Gasteiger partial charge in [0.1, 0.15) is 16.1 Å². The van der Waals surface area contributed by atoms with Crippen LogP contribution in [0.1, 0.15) is 11.3 Å². The Morgan fingerprint density at radius 2 is 1.81 bits per heavy atom. The monoisotopic (exact) mass is 517 g/mol. The lowest BCUT2D eigenvalue weighted by Gasteiger charge is -2.07. The maximum absolute atomic E-state index is 13.0. The average Bonchev–Trinajstić information content (AvgIpc) is 3.46. The number of thiazole rings is 1. The highest BCUT2D eigenvalue weighted by molar-refractivity contribution is 9.10. The van der Waals surface area contributed by atoms with Crippen LogP contribution in [0.4, 0.5) is 13.2 Å². The molecule has 0 aliphatic rings. The number of rotatable bonds is 3. The van der Waals surface area contributed by atoms with Gasteiger partial charge in [-0.05, 0) is 36.4 Å². The van der Waals surface area contributed by atoms with Gasteiger partial charge in [0, 0.05) is 21.7 Å². The standard InChI is InChI=1S/C22H11BrF3N3O2S/c23-15-6-4-12(5-7-15)19-27-21-29(28-19)20(30)18(32-21)11-16-8-9-17(31-16)13-2-1-3-14(10-13)22(24,25)26/h1-11H. The first-order valence-electron chi connectivity index (χ1n) is 9.23. The molecule has 0 amide bonds. The molecular weight excluding hydrogens is 507 g/mol. The predicted octanol–water partition coefficient (Wildman–Crippen LogP) is 5.41. The van der Waals surface area contributed by atoms with Crippen molar-refractivity contribution in [3.05, 3.63) is 91.3 Å². The third-order valence-electron chi connectivity index (χ3n) is 4.66. The highest BCUT2D eigenvalue weighted by atomic mass is 79.9. The van der Waals surface area contributed by atoms with E-state index in [2.05, 4.69) is 26.0 Å². The summed E-state index contributed by atoms with van der Waals surface area (Å²) in [5, 5.41) is 4.29. The van der Waals surface area contributed by atoms with Crippen LogP contribution < -0.4 is 10.1 Å². The van der Waals surface area contributed by atoms with E-state index in [0.717, 1.165) is 33.5 Å². The molecular formula is C22H11BrF3N3O2S. The summed E-state index contributed by atoms with van der Waals surface area (Å²) < 4.78 is 47.0. The number of alkyl halides is 3. The SMILES string of the molecule is O=c1c(=Cc2ccc(-c3cccc(C(F)(F)F)c3)o2)sc2nc(-c3ccc(Br)cc3)nn12. The summed E-state index contributed by atoms with van der Waals surface area (Å²) >= 11 is 4.52. The smallest absolute Gasteiger partial charge is 0.416 e. The van der Waals surface area contributed by atoms with Crippen LogP contribution in [0.5, 0.6) is 0 Å². The van der Waals surface area contributed by atoms with Crippen molar-refractivity contribution < 1.29 is 17.6 Å². The molecule has 5 aromatic rings. The minimum absolute atomic E-state index is 0.270. The van der Waals surface area contributed by atoms with E-state index in [1.807, 2.05) is 24.3 Å². The first-order chi connectivity index (χ1) is 15.3. The Hall–Kier alpha value is -3.24. The molecule has 0 aliphatic heterocycles. The summed E-state index contributed by atoms with van der Waals surface area (Å²) in [4.78, 5) is 17.6. The van der Waals surface area contributed by atoms with E-state index < -0.39 is 11.7 Å². The topological polar surface area (TPSA) is 60.4 Å². The third-order valence-corrected chi connectivity index (χ3v) is 6.15. The first-order valence-corrected chi connectivity index (χ1v) is 10.8. The van der Waals surface area contributed by atoms with Crippen LogP contribution in [0.25, 0.3) is 33.7 Å². The molecule has 5 rings (SSSR count). The summed E-state index contributed by atoms with van der Waals surface area (Å²) in [6.07, 6.45) is -2.91. The molecule has 0 radical (unpaired) electrons. The molecule has 5 nitrogen and oxygen atoms in total. The lowest BCUT2D eigenvalue weighted by Crippen LogP contribution is -2.23. The van der Waals surface area contributed by atoms with Crippen molar-refractivity contribution in [1.29, 1.82) is 0 Å². The molecule has 0 bridgehead atoms. The number of halogens is 4. The molecule has 0 aliphatic carbocycles. The van der Waals surface area contributed by atoms with Gasteiger partial charge in [0.25, 0.3) is 5.56 Å². The van der Waals surface area contributed by atoms with Crippen molar-refractivity contribution in [2.24, 2.45) is 0 Å². The van der Waals surface area contributed by atoms with Gasteiger partial charge in [0.2, 0.25) is 4.96 Å². The van der Waals surface area contributed by atoms with Gasteiger partial charge in [0.15, 0.2) is 5.82 Å². The van der Waals surface area contributed by atoms with Crippen molar-refractivity contribution in [2.45, 2.75) is 6.18 Å². The molecule has 0 N–H and O–H groups in total. The minimum atomic E-state index is -4.44. The molecule has 0 spiro atoms. The van der Waals surface area contributed by atoms with Crippen molar-refractivity contribution in [3.8, 4) is 22.7 Å². The van der Waals surface area contributed by atoms with Crippen LogP contribution in [0, 0.1) is 0 Å². The van der Waals surface area contributed by atoms with E-state index in [1.165, 1.54) is 22.7 Å². The average molecular weight is 518 g/mol. The maximum Gasteiger partial charge on any atom is 0.416 e. The Bertz CT molecular complexity index is 1550. The lowest BCUT2D eigenvalue weighted by molar-refractivity contribution is -0.137. The molecule has 0 saturated carbocycles. The number of fused-ring (bicyclic) bond motifs is 1. The number of hydrogen-bond acceptors (Lipinski definition) is 5. The van der Waals surface area contributed by atoms with Gasteiger partial charge >= 0.3 is 6.18 Å². The largest absolute Gasteiger partial charge is 0.457 e. The van der Waals surface area contributed by atoms with Crippen LogP contribution in [0.15, 0.2) is 74.3 Å². The quantitative estimate of drug-likeness (QED) is 0.321. The fourth-order valence-electron chi connectivity index (χ4n) is 3.12. The molecule has 160 valence electrons. The summed E-state index contributed by atoms with van der Waals surface area (Å²) in [7, 11) is 0. The van der Waals surface area contributed by atoms with Gasteiger partial charge in [-0.1, -0.05) is 51.5 Å². The molecule has 0 saturated heterocycles. The Morgan fingerprint density at radius 1 is 1.03 bits per heavy atom. The molecule has 2 aromatic carbocycles. The molecule has 3 heterocycles. The van der Waals surface area contributed by atoms with E-state index in [0.29, 0.717) is 26.6 Å². The van der Waals surface area contributed by atoms with Crippen LogP contribution in [-0.4, -0.2) is 14.6 Å². The van der Waals surface area contributed by atoms with Crippen molar-refractivity contribution in [2.75, 3.05) is 0 Å². The van der Waals surface area contributed by atoms with Gasteiger partial charge in [-0.15, -0.1) is 5.10 Å². The summed E-state index contributed by atoms with van der Waals surface area (Å²) in [5.74, 6) is 1.05. The molecule has 0 fully saturated rings. The highest BCUT2D eigenvalue weighted by Crippen LogP contribution is 2.32. The van der Waals surface area contributed by atoms with Crippen molar-refractivity contribution in [1.82, 2.24) is 14.6 Å². The number of furan rings is 1. The second-order valence-corrected chi connectivity index (χ2v) is 8.76. The van der Waals surface area contributed by atoms with Crippen LogP contribution in [0.3, 0.4) is 0 Å². The fraction of sp³-hybridized carbons (Fsp3) is 0.0455. The summed E-state index contributed by atoms with van der Waals surface area (Å²) in [6.45, 7) is 0. The molecule has 10 heteroatoms.